The standard InChI is InChI=1S/C18H20N2O5/c1-17(2,3)25-16(23)20-8-9-7-18(9)10-5-11(15(22)24-4)19-14(10)12(21)6-13(18)20/h5-6,9,19H,7-8H2,1-4H3/t9?,18-/m1/s1. The zero-order chi connectivity index (χ0) is 18.1. The molecule has 1 aromatic heterocycles. The number of carbonyl (C=O) groups excluding carboxylic acids is 3. The van der Waals surface area contributed by atoms with Crippen LogP contribution in [0.1, 0.15) is 53.7 Å². The summed E-state index contributed by atoms with van der Waals surface area (Å²) in [6.45, 7) is 5.95. The van der Waals surface area contributed by atoms with E-state index in [2.05, 4.69) is 4.98 Å². The Bertz CT molecular complexity index is 844. The van der Waals surface area contributed by atoms with Crippen LogP contribution in [0.2, 0.25) is 0 Å². The molecule has 0 bridgehead atoms. The fraction of sp³-hybridized carbons (Fsp3) is 0.500. The first kappa shape index (κ1) is 15.9. The van der Waals surface area contributed by atoms with E-state index >= 15 is 0 Å². The molecule has 3 aliphatic rings. The number of piperidine rings is 1. The number of rotatable bonds is 1. The smallest absolute Gasteiger partial charge is 0.414 e. The zero-order valence-electron chi connectivity index (χ0n) is 14.6. The molecule has 2 aliphatic carbocycles. The number of ether oxygens (including phenoxy) is 2. The maximum Gasteiger partial charge on any atom is 0.414 e. The number of nitrogens with one attached hydrogen (secondary N) is 1. The molecule has 4 rings (SSSR count). The molecular weight excluding hydrogens is 324 g/mol. The Balaban J connectivity index is 1.72. The highest BCUT2D eigenvalue weighted by Crippen LogP contribution is 2.66. The average molecular weight is 344 g/mol. The molecule has 7 heteroatoms. The second-order valence-corrected chi connectivity index (χ2v) is 7.82. The van der Waals surface area contributed by atoms with Crippen LogP contribution in [0.5, 0.6) is 0 Å². The van der Waals surface area contributed by atoms with Gasteiger partial charge < -0.3 is 14.5 Å². The molecule has 2 atom stereocenters. The number of amides is 1. The Morgan fingerprint density at radius 3 is 2.72 bits per heavy atom. The van der Waals surface area contributed by atoms with Gasteiger partial charge in [0, 0.05) is 23.7 Å². The van der Waals surface area contributed by atoms with E-state index in [4.69, 9.17) is 9.47 Å². The molecule has 2 heterocycles. The van der Waals surface area contributed by atoms with Crippen LogP contribution in [0.4, 0.5) is 4.79 Å². The van der Waals surface area contributed by atoms with Gasteiger partial charge in [-0.2, -0.15) is 0 Å². The van der Waals surface area contributed by atoms with Crippen molar-refractivity contribution in [1.29, 1.82) is 0 Å². The highest BCUT2D eigenvalue weighted by Gasteiger charge is 2.68. The van der Waals surface area contributed by atoms with E-state index in [9.17, 15) is 14.4 Å². The monoisotopic (exact) mass is 344 g/mol. The van der Waals surface area contributed by atoms with Crippen LogP contribution in [0.3, 0.4) is 0 Å². The maximum absolute atomic E-state index is 12.5. The molecule has 1 spiro atoms. The molecule has 1 amide bonds. The van der Waals surface area contributed by atoms with Gasteiger partial charge in [0.25, 0.3) is 0 Å². The van der Waals surface area contributed by atoms with Gasteiger partial charge in [-0.15, -0.1) is 0 Å². The molecule has 1 aliphatic heterocycles. The van der Waals surface area contributed by atoms with E-state index in [-0.39, 0.29) is 22.8 Å². The number of hydrogen-bond donors (Lipinski definition) is 1. The number of carbonyl (C=O) groups is 3. The Kier molecular flexibility index (Phi) is 3.02. The van der Waals surface area contributed by atoms with Gasteiger partial charge in [0.1, 0.15) is 11.3 Å². The minimum absolute atomic E-state index is 0.236. The number of aromatic amines is 1. The lowest BCUT2D eigenvalue weighted by Crippen LogP contribution is -2.37. The molecule has 1 unspecified atom stereocenters. The molecule has 2 fully saturated rings. The topological polar surface area (TPSA) is 88.7 Å². The van der Waals surface area contributed by atoms with Gasteiger partial charge in [0.15, 0.2) is 0 Å². The van der Waals surface area contributed by atoms with Crippen molar-refractivity contribution in [2.45, 2.75) is 38.2 Å². The molecule has 7 nitrogen and oxygen atoms in total. The van der Waals surface area contributed by atoms with Crippen molar-refractivity contribution in [1.82, 2.24) is 9.88 Å². The van der Waals surface area contributed by atoms with Gasteiger partial charge in [0.2, 0.25) is 5.78 Å². The minimum atomic E-state index is -0.604. The van der Waals surface area contributed by atoms with Crippen LogP contribution in [0.15, 0.2) is 17.8 Å². The maximum atomic E-state index is 12.5. The van der Waals surface area contributed by atoms with E-state index < -0.39 is 17.7 Å². The third-order valence-electron chi connectivity index (χ3n) is 5.09. The predicted molar refractivity (Wildman–Crippen MR) is 87.3 cm³/mol. The molecule has 0 aromatic carbocycles. The number of fused-ring (bicyclic) bond motifs is 1. The summed E-state index contributed by atoms with van der Waals surface area (Å²) in [6.07, 6.45) is 1.92. The molecule has 1 saturated carbocycles. The number of likely N-dealkylation sites (tertiary alicyclic amines) is 1. The second kappa shape index (κ2) is 4.74. The number of hydrogen-bond acceptors (Lipinski definition) is 5. The third-order valence-corrected chi connectivity index (χ3v) is 5.09. The fourth-order valence-electron chi connectivity index (χ4n) is 4.00. The summed E-state index contributed by atoms with van der Waals surface area (Å²) in [5.74, 6) is -0.523. The third kappa shape index (κ3) is 2.14. The lowest BCUT2D eigenvalue weighted by molar-refractivity contribution is 0.0322. The normalized spacial score (nSPS) is 26.4. The van der Waals surface area contributed by atoms with Gasteiger partial charge in [-0.05, 0) is 44.7 Å². The summed E-state index contributed by atoms with van der Waals surface area (Å²) >= 11 is 0. The molecule has 132 valence electrons. The quantitative estimate of drug-likeness (QED) is 0.790. The van der Waals surface area contributed by atoms with Gasteiger partial charge in [-0.25, -0.2) is 9.59 Å². The first-order valence-corrected chi connectivity index (χ1v) is 8.26. The van der Waals surface area contributed by atoms with Crippen LogP contribution in [-0.2, 0) is 14.9 Å². The SMILES string of the molecule is COC(=O)c1cc2c([nH]1)C(=O)C=C1N(C(=O)OC(C)(C)C)CC3C[C@]123. The first-order valence-electron chi connectivity index (χ1n) is 8.26. The summed E-state index contributed by atoms with van der Waals surface area (Å²) < 4.78 is 10.2. The summed E-state index contributed by atoms with van der Waals surface area (Å²) in [6, 6.07) is 1.69. The van der Waals surface area contributed by atoms with Crippen LogP contribution in [-0.4, -0.2) is 47.0 Å². The molecule has 0 radical (unpaired) electrons. The Morgan fingerprint density at radius 1 is 1.36 bits per heavy atom. The minimum Gasteiger partial charge on any atom is -0.464 e. The predicted octanol–water partition coefficient (Wildman–Crippen LogP) is 2.39. The number of esters is 1. The highest BCUT2D eigenvalue weighted by molar-refractivity contribution is 6.09. The lowest BCUT2D eigenvalue weighted by atomic mass is 9.85. The summed E-state index contributed by atoms with van der Waals surface area (Å²) in [5, 5.41) is 0. The van der Waals surface area contributed by atoms with E-state index in [1.807, 2.05) is 20.8 Å². The average Bonchev–Trinajstić information content (AvgIpc) is 2.90. The largest absolute Gasteiger partial charge is 0.464 e. The summed E-state index contributed by atoms with van der Waals surface area (Å²) in [4.78, 5) is 41.3. The lowest BCUT2D eigenvalue weighted by Gasteiger charge is -2.30. The van der Waals surface area contributed by atoms with Crippen molar-refractivity contribution in [3.63, 3.8) is 0 Å². The van der Waals surface area contributed by atoms with Gasteiger partial charge in [-0.1, -0.05) is 0 Å². The van der Waals surface area contributed by atoms with Crippen LogP contribution in [0, 0.1) is 5.92 Å². The summed E-state index contributed by atoms with van der Waals surface area (Å²) in [7, 11) is 1.30. The molecule has 25 heavy (non-hydrogen) atoms. The van der Waals surface area contributed by atoms with Crippen molar-refractivity contribution in [3.8, 4) is 0 Å². The number of ketones is 1. The van der Waals surface area contributed by atoms with E-state index in [1.165, 1.54) is 13.2 Å². The van der Waals surface area contributed by atoms with Crippen LogP contribution in [0.25, 0.3) is 0 Å². The van der Waals surface area contributed by atoms with E-state index in [0.29, 0.717) is 17.9 Å². The van der Waals surface area contributed by atoms with Gasteiger partial charge >= 0.3 is 12.1 Å². The molecule has 1 saturated heterocycles. The van der Waals surface area contributed by atoms with Crippen LogP contribution < -0.4 is 0 Å². The highest BCUT2D eigenvalue weighted by atomic mass is 16.6. The van der Waals surface area contributed by atoms with Gasteiger partial charge in [-0.3, -0.25) is 9.69 Å². The van der Waals surface area contributed by atoms with Crippen molar-refractivity contribution in [2.24, 2.45) is 5.92 Å². The number of nitrogens with zero attached hydrogens (tertiary/aromatic N) is 1. The van der Waals surface area contributed by atoms with E-state index in [0.717, 1.165) is 12.0 Å². The Labute approximate surface area is 145 Å². The molecule has 1 aromatic rings. The second-order valence-electron chi connectivity index (χ2n) is 7.82. The summed E-state index contributed by atoms with van der Waals surface area (Å²) in [5.41, 5.74) is 1.16. The van der Waals surface area contributed by atoms with Crippen molar-refractivity contribution in [3.05, 3.63) is 34.8 Å². The number of aromatic nitrogens is 1. The first-order chi connectivity index (χ1) is 11.7. The molecular formula is C18H20N2O5. The number of allylic oxidation sites excluding steroid dienone is 2. The van der Waals surface area contributed by atoms with Crippen molar-refractivity contribution in [2.75, 3.05) is 13.7 Å². The number of methoxy groups -OCH3 is 1. The van der Waals surface area contributed by atoms with E-state index in [1.54, 1.807) is 11.0 Å². The van der Waals surface area contributed by atoms with Crippen LogP contribution >= 0.6 is 0 Å². The Hall–Kier alpha value is -2.57. The molecule has 1 N–H and O–H groups in total. The zero-order valence-corrected chi connectivity index (χ0v) is 14.6. The van der Waals surface area contributed by atoms with Crippen molar-refractivity contribution >= 4 is 17.8 Å². The Morgan fingerprint density at radius 2 is 2.08 bits per heavy atom. The van der Waals surface area contributed by atoms with Gasteiger partial charge in [0.05, 0.1) is 12.8 Å². The number of H-pyrrole nitrogens is 1. The fourth-order valence-corrected chi connectivity index (χ4v) is 4.00. The van der Waals surface area contributed by atoms with Crippen molar-refractivity contribution < 1.29 is 23.9 Å².